The molecular formula is C23H24F3N5O4. The first-order valence-electron chi connectivity index (χ1n) is 11.0. The van der Waals surface area contributed by atoms with Crippen molar-refractivity contribution < 1.29 is 27.4 Å². The fraction of sp³-hybridized carbons (Fsp3) is 0.435. The van der Waals surface area contributed by atoms with Crippen LogP contribution in [0.3, 0.4) is 0 Å². The average Bonchev–Trinajstić information content (AvgIpc) is 2.77. The monoisotopic (exact) mass is 491 g/mol. The number of aryl methyl sites for hydroxylation is 1. The van der Waals surface area contributed by atoms with E-state index in [1.807, 2.05) is 13.8 Å². The summed E-state index contributed by atoms with van der Waals surface area (Å²) in [6.07, 6.45) is -4.83. The van der Waals surface area contributed by atoms with Crippen molar-refractivity contribution in [3.05, 3.63) is 57.4 Å². The number of aromatic nitrogens is 4. The van der Waals surface area contributed by atoms with Gasteiger partial charge >= 0.3 is 6.18 Å². The Kier molecular flexibility index (Phi) is 6.50. The number of morpholine rings is 1. The lowest BCUT2D eigenvalue weighted by molar-refractivity contribution is -0.139. The van der Waals surface area contributed by atoms with Crippen LogP contribution in [-0.2, 0) is 10.9 Å². The molecule has 3 atom stereocenters. The van der Waals surface area contributed by atoms with Crippen LogP contribution in [0, 0.1) is 6.92 Å². The van der Waals surface area contributed by atoms with Crippen LogP contribution in [-0.4, -0.2) is 56.0 Å². The second-order valence-corrected chi connectivity index (χ2v) is 8.55. The number of carbonyl (C=O) groups excluding carboxylic acids is 1. The van der Waals surface area contributed by atoms with Gasteiger partial charge in [-0.25, -0.2) is 15.0 Å². The second kappa shape index (κ2) is 9.25. The fourth-order valence-electron chi connectivity index (χ4n) is 4.08. The molecule has 1 aliphatic heterocycles. The third kappa shape index (κ3) is 5.26. The molecular weight excluding hydrogens is 467 g/mol. The topological polar surface area (TPSA) is 110 Å². The quantitative estimate of drug-likeness (QED) is 0.595. The summed E-state index contributed by atoms with van der Waals surface area (Å²) in [5.74, 6) is -0.0466. The fourth-order valence-corrected chi connectivity index (χ4v) is 4.08. The number of pyridine rings is 2. The molecule has 0 radical (unpaired) electrons. The highest BCUT2D eigenvalue weighted by molar-refractivity contribution is 5.94. The van der Waals surface area contributed by atoms with Crippen molar-refractivity contribution in [1.82, 2.24) is 24.8 Å². The molecule has 1 fully saturated rings. The lowest BCUT2D eigenvalue weighted by Gasteiger charge is -2.35. The first kappa shape index (κ1) is 24.6. The summed E-state index contributed by atoms with van der Waals surface area (Å²) >= 11 is 0. The van der Waals surface area contributed by atoms with Crippen LogP contribution in [0.5, 0.6) is 5.88 Å². The average molecular weight is 491 g/mol. The van der Waals surface area contributed by atoms with Crippen LogP contribution in [0.15, 0.2) is 29.2 Å². The highest BCUT2D eigenvalue weighted by Gasteiger charge is 2.37. The Balaban J connectivity index is 1.59. The molecule has 1 aliphatic rings. The summed E-state index contributed by atoms with van der Waals surface area (Å²) < 4.78 is 52.6. The van der Waals surface area contributed by atoms with Gasteiger partial charge in [0.1, 0.15) is 11.9 Å². The normalized spacial score (nSPS) is 19.6. The summed E-state index contributed by atoms with van der Waals surface area (Å²) in [5.41, 5.74) is -2.25. The molecule has 4 rings (SSSR count). The number of aromatic amines is 1. The second-order valence-electron chi connectivity index (χ2n) is 8.55. The Hall–Kier alpha value is -3.54. The number of nitrogens with one attached hydrogen (secondary N) is 1. The number of rotatable bonds is 4. The number of hydrogen-bond acceptors (Lipinski definition) is 7. The Morgan fingerprint density at radius 1 is 1.23 bits per heavy atom. The van der Waals surface area contributed by atoms with Crippen LogP contribution in [0.1, 0.15) is 54.3 Å². The van der Waals surface area contributed by atoms with E-state index in [-0.39, 0.29) is 40.9 Å². The van der Waals surface area contributed by atoms with Crippen molar-refractivity contribution in [3.8, 4) is 5.88 Å². The Morgan fingerprint density at radius 2 is 1.91 bits per heavy atom. The highest BCUT2D eigenvalue weighted by atomic mass is 19.4. The minimum atomic E-state index is -4.75. The van der Waals surface area contributed by atoms with Crippen LogP contribution in [0.25, 0.3) is 11.0 Å². The van der Waals surface area contributed by atoms with Gasteiger partial charge in [0.25, 0.3) is 11.5 Å². The molecule has 0 aliphatic carbocycles. The lowest BCUT2D eigenvalue weighted by atomic mass is 10.1. The minimum Gasteiger partial charge on any atom is -0.468 e. The lowest BCUT2D eigenvalue weighted by Crippen LogP contribution is -2.48. The van der Waals surface area contributed by atoms with E-state index < -0.39 is 29.1 Å². The maximum Gasteiger partial charge on any atom is 0.418 e. The van der Waals surface area contributed by atoms with Gasteiger partial charge in [-0.2, -0.15) is 13.2 Å². The van der Waals surface area contributed by atoms with Crippen molar-refractivity contribution in [1.29, 1.82) is 0 Å². The summed E-state index contributed by atoms with van der Waals surface area (Å²) in [6, 6.07) is 3.69. The SMILES string of the molecule is Cc1nc2cc(C(F)(F)F)c([C@H](C)Oc3ccc(C(=O)N4C[C@@H](C)O[C@@H](C)C4)cn3)nc2c(=O)[nH]1. The molecule has 0 bridgehead atoms. The Labute approximate surface area is 198 Å². The third-order valence-electron chi connectivity index (χ3n) is 5.51. The predicted octanol–water partition coefficient (Wildman–Crippen LogP) is 3.43. The van der Waals surface area contributed by atoms with Gasteiger partial charge in [-0.1, -0.05) is 0 Å². The summed E-state index contributed by atoms with van der Waals surface area (Å²) in [7, 11) is 0. The van der Waals surface area contributed by atoms with E-state index in [4.69, 9.17) is 9.47 Å². The largest absolute Gasteiger partial charge is 0.468 e. The molecule has 186 valence electrons. The van der Waals surface area contributed by atoms with E-state index >= 15 is 0 Å². The number of halogens is 3. The summed E-state index contributed by atoms with van der Waals surface area (Å²) in [5, 5.41) is 0. The number of fused-ring (bicyclic) bond motifs is 1. The molecule has 4 heterocycles. The van der Waals surface area contributed by atoms with Crippen molar-refractivity contribution in [2.24, 2.45) is 0 Å². The smallest absolute Gasteiger partial charge is 0.418 e. The number of amides is 1. The number of hydrogen-bond donors (Lipinski definition) is 1. The molecule has 35 heavy (non-hydrogen) atoms. The van der Waals surface area contributed by atoms with Crippen molar-refractivity contribution >= 4 is 16.9 Å². The predicted molar refractivity (Wildman–Crippen MR) is 119 cm³/mol. The standard InChI is InChI=1S/C23H24F3N5O4/c1-11-9-31(10-12(2)34-11)22(33)15-5-6-18(27-8-15)35-13(3)19-16(23(24,25)26)7-17-20(30-19)21(32)29-14(4)28-17/h5-8,11-13H,9-10H2,1-4H3,(H,28,29,32)/t11-,12+,13-/m0/s1. The molecule has 12 heteroatoms. The Bertz CT molecular complexity index is 1300. The van der Waals surface area contributed by atoms with Gasteiger partial charge in [-0.15, -0.1) is 0 Å². The third-order valence-corrected chi connectivity index (χ3v) is 5.51. The molecule has 0 aromatic carbocycles. The van der Waals surface area contributed by atoms with Crippen LogP contribution >= 0.6 is 0 Å². The van der Waals surface area contributed by atoms with E-state index in [2.05, 4.69) is 19.9 Å². The minimum absolute atomic E-state index is 0.00345. The van der Waals surface area contributed by atoms with Crippen molar-refractivity contribution in [3.63, 3.8) is 0 Å². The van der Waals surface area contributed by atoms with Gasteiger partial charge in [-0.05, 0) is 39.8 Å². The summed E-state index contributed by atoms with van der Waals surface area (Å²) in [4.78, 5) is 41.1. The van der Waals surface area contributed by atoms with E-state index in [9.17, 15) is 22.8 Å². The zero-order valence-electron chi connectivity index (χ0n) is 19.5. The summed E-state index contributed by atoms with van der Waals surface area (Å²) in [6.45, 7) is 7.49. The first-order valence-corrected chi connectivity index (χ1v) is 11.0. The number of alkyl halides is 3. The molecule has 0 spiro atoms. The Morgan fingerprint density at radius 3 is 2.51 bits per heavy atom. The maximum absolute atomic E-state index is 13.8. The van der Waals surface area contributed by atoms with Crippen molar-refractivity contribution in [2.75, 3.05) is 13.1 Å². The van der Waals surface area contributed by atoms with E-state index in [1.54, 1.807) is 4.90 Å². The van der Waals surface area contributed by atoms with Gasteiger partial charge in [0.15, 0.2) is 5.52 Å². The van der Waals surface area contributed by atoms with Crippen LogP contribution in [0.2, 0.25) is 0 Å². The molecule has 1 N–H and O–H groups in total. The molecule has 0 saturated carbocycles. The zero-order chi connectivity index (χ0) is 25.5. The number of nitrogens with zero attached hydrogens (tertiary/aromatic N) is 4. The van der Waals surface area contributed by atoms with Gasteiger partial charge in [0, 0.05) is 25.4 Å². The van der Waals surface area contributed by atoms with E-state index in [0.29, 0.717) is 18.7 Å². The van der Waals surface area contributed by atoms with Gasteiger partial charge in [-0.3, -0.25) is 9.59 Å². The molecule has 3 aromatic heterocycles. The van der Waals surface area contributed by atoms with Crippen LogP contribution in [0.4, 0.5) is 13.2 Å². The van der Waals surface area contributed by atoms with Gasteiger partial charge in [0.05, 0.1) is 34.5 Å². The maximum atomic E-state index is 13.8. The molecule has 1 saturated heterocycles. The van der Waals surface area contributed by atoms with Crippen LogP contribution < -0.4 is 10.3 Å². The number of H-pyrrole nitrogens is 1. The molecule has 9 nitrogen and oxygen atoms in total. The number of carbonyl (C=O) groups is 1. The molecule has 0 unspecified atom stereocenters. The first-order chi connectivity index (χ1) is 16.4. The van der Waals surface area contributed by atoms with Gasteiger partial charge in [0.2, 0.25) is 5.88 Å². The van der Waals surface area contributed by atoms with E-state index in [1.165, 1.54) is 32.2 Å². The number of ether oxygens (including phenoxy) is 2. The highest BCUT2D eigenvalue weighted by Crippen LogP contribution is 2.36. The molecule has 1 amide bonds. The van der Waals surface area contributed by atoms with E-state index in [0.717, 1.165) is 6.07 Å². The zero-order valence-corrected chi connectivity index (χ0v) is 19.5. The van der Waals surface area contributed by atoms with Crippen molar-refractivity contribution in [2.45, 2.75) is 52.2 Å². The molecule has 3 aromatic rings. The van der Waals surface area contributed by atoms with Gasteiger partial charge < -0.3 is 19.4 Å².